The van der Waals surface area contributed by atoms with Gasteiger partial charge in [-0.2, -0.15) is 0 Å². The quantitative estimate of drug-likeness (QED) is 0.419. The maximum atomic E-state index is 13.7. The van der Waals surface area contributed by atoms with Crippen LogP contribution in [0.5, 0.6) is 17.2 Å². The van der Waals surface area contributed by atoms with E-state index in [1.54, 1.807) is 38.3 Å². The summed E-state index contributed by atoms with van der Waals surface area (Å²) in [5.41, 5.74) is 2.46. The van der Waals surface area contributed by atoms with E-state index in [4.69, 9.17) is 18.9 Å². The predicted octanol–water partition coefficient (Wildman–Crippen LogP) is 4.29. The van der Waals surface area contributed by atoms with Crippen molar-refractivity contribution in [3.63, 3.8) is 0 Å². The number of aldehydes is 1. The molecule has 0 N–H and O–H groups in total. The molecule has 0 fully saturated rings. The molecule has 0 amide bonds. The molecule has 1 unspecified atom stereocenters. The van der Waals surface area contributed by atoms with Crippen molar-refractivity contribution in [3.8, 4) is 17.2 Å². The van der Waals surface area contributed by atoms with Gasteiger partial charge in [-0.25, -0.2) is 0 Å². The molecule has 166 valence electrons. The number of hydrogen-bond donors (Lipinski definition) is 0. The number of rotatable bonds is 6. The van der Waals surface area contributed by atoms with Crippen LogP contribution in [-0.4, -0.2) is 32.8 Å². The molecule has 0 aromatic heterocycles. The second kappa shape index (κ2) is 8.13. The summed E-state index contributed by atoms with van der Waals surface area (Å²) < 4.78 is 21.9. The molecule has 2 aliphatic rings. The molecule has 0 bridgehead atoms. The molecule has 0 saturated heterocycles. The first-order valence-electron chi connectivity index (χ1n) is 10.7. The first-order chi connectivity index (χ1) is 16.1. The normalized spacial score (nSPS) is 18.1. The molecular weight excluding hydrogens is 420 g/mol. The molecule has 6 heteroatoms. The lowest BCUT2D eigenvalue weighted by Crippen LogP contribution is -2.39. The molecule has 1 heterocycles. The molecule has 5 rings (SSSR count). The minimum Gasteiger partial charge on any atom is -0.497 e. The smallest absolute Gasteiger partial charge is 0.325 e. The van der Waals surface area contributed by atoms with Crippen LogP contribution in [0.1, 0.15) is 29.2 Å². The monoisotopic (exact) mass is 442 g/mol. The van der Waals surface area contributed by atoms with Crippen molar-refractivity contribution in [3.05, 3.63) is 94.6 Å². The van der Waals surface area contributed by atoms with Gasteiger partial charge in [0.2, 0.25) is 6.79 Å². The zero-order valence-corrected chi connectivity index (χ0v) is 18.3. The average molecular weight is 442 g/mol. The SMILES string of the molecule is CCOC(=O)C1(c2ccc(OC)cc2)C(C=O)=C(c2ccc3c(c2)OCO3)c2ccccc21. The molecule has 0 spiro atoms. The van der Waals surface area contributed by atoms with E-state index in [9.17, 15) is 9.59 Å². The summed E-state index contributed by atoms with van der Waals surface area (Å²) in [6, 6.07) is 20.2. The van der Waals surface area contributed by atoms with Gasteiger partial charge in [-0.1, -0.05) is 42.5 Å². The number of carbonyl (C=O) groups excluding carboxylic acids is 2. The summed E-state index contributed by atoms with van der Waals surface area (Å²) in [5, 5.41) is 0. The minimum atomic E-state index is -1.41. The molecule has 33 heavy (non-hydrogen) atoms. The van der Waals surface area contributed by atoms with Gasteiger partial charge in [0, 0.05) is 5.57 Å². The van der Waals surface area contributed by atoms with E-state index in [1.807, 2.05) is 42.5 Å². The number of ether oxygens (including phenoxy) is 4. The van der Waals surface area contributed by atoms with Crippen LogP contribution in [0.4, 0.5) is 0 Å². The minimum absolute atomic E-state index is 0.146. The Morgan fingerprint density at radius 1 is 1.03 bits per heavy atom. The van der Waals surface area contributed by atoms with Crippen LogP contribution in [0.2, 0.25) is 0 Å². The van der Waals surface area contributed by atoms with Crippen molar-refractivity contribution in [2.24, 2.45) is 0 Å². The molecule has 6 nitrogen and oxygen atoms in total. The second-order valence-corrected chi connectivity index (χ2v) is 7.72. The average Bonchev–Trinajstić information content (AvgIpc) is 3.44. The fourth-order valence-electron chi connectivity index (χ4n) is 4.75. The second-order valence-electron chi connectivity index (χ2n) is 7.72. The predicted molar refractivity (Wildman–Crippen MR) is 122 cm³/mol. The third-order valence-electron chi connectivity index (χ3n) is 6.16. The Hall–Kier alpha value is -4.06. The Bertz CT molecular complexity index is 1270. The fourth-order valence-corrected chi connectivity index (χ4v) is 4.75. The van der Waals surface area contributed by atoms with E-state index in [2.05, 4.69) is 0 Å². The van der Waals surface area contributed by atoms with Crippen molar-refractivity contribution < 1.29 is 28.5 Å². The van der Waals surface area contributed by atoms with Crippen LogP contribution in [0.25, 0.3) is 5.57 Å². The topological polar surface area (TPSA) is 71.1 Å². The summed E-state index contributed by atoms with van der Waals surface area (Å²) in [4.78, 5) is 26.5. The fraction of sp³-hybridized carbons (Fsp3) is 0.185. The van der Waals surface area contributed by atoms with Crippen molar-refractivity contribution >= 4 is 17.8 Å². The third kappa shape index (κ3) is 3.02. The Labute approximate surface area is 191 Å². The summed E-state index contributed by atoms with van der Waals surface area (Å²) >= 11 is 0. The van der Waals surface area contributed by atoms with Gasteiger partial charge in [0.1, 0.15) is 17.5 Å². The van der Waals surface area contributed by atoms with E-state index >= 15 is 0 Å². The summed E-state index contributed by atoms with van der Waals surface area (Å²) in [6.07, 6.45) is 0.765. The lowest BCUT2D eigenvalue weighted by atomic mass is 9.71. The highest BCUT2D eigenvalue weighted by Crippen LogP contribution is 2.53. The summed E-state index contributed by atoms with van der Waals surface area (Å²) in [7, 11) is 1.58. The number of hydrogen-bond acceptors (Lipinski definition) is 6. The number of fused-ring (bicyclic) bond motifs is 2. The van der Waals surface area contributed by atoms with Gasteiger partial charge in [-0.3, -0.25) is 9.59 Å². The first kappa shape index (κ1) is 20.8. The van der Waals surface area contributed by atoms with E-state index < -0.39 is 11.4 Å². The van der Waals surface area contributed by atoms with Gasteiger partial charge in [-0.15, -0.1) is 0 Å². The molecule has 0 radical (unpaired) electrons. The highest BCUT2D eigenvalue weighted by molar-refractivity contribution is 6.12. The van der Waals surface area contributed by atoms with Crippen LogP contribution in [0.3, 0.4) is 0 Å². The standard InChI is InChI=1S/C27H22O6/c1-3-31-26(29)27(18-9-11-19(30-2)12-10-18)21-7-5-4-6-20(21)25(22(27)15-28)17-8-13-23-24(14-17)33-16-32-23/h4-15H,3,16H2,1-2H3. The van der Waals surface area contributed by atoms with Crippen LogP contribution in [0, 0.1) is 0 Å². The zero-order chi connectivity index (χ0) is 23.0. The van der Waals surface area contributed by atoms with Gasteiger partial charge in [0.15, 0.2) is 11.5 Å². The maximum Gasteiger partial charge on any atom is 0.325 e. The molecule has 1 atom stereocenters. The highest BCUT2D eigenvalue weighted by Gasteiger charge is 2.53. The highest BCUT2D eigenvalue weighted by atomic mass is 16.7. The molecular formula is C27H22O6. The summed E-state index contributed by atoms with van der Waals surface area (Å²) in [5.74, 6) is 1.39. The zero-order valence-electron chi connectivity index (χ0n) is 18.3. The van der Waals surface area contributed by atoms with Gasteiger partial charge in [0.05, 0.1) is 13.7 Å². The van der Waals surface area contributed by atoms with Crippen LogP contribution in [-0.2, 0) is 19.7 Å². The summed E-state index contributed by atoms with van der Waals surface area (Å²) in [6.45, 7) is 2.08. The molecule has 0 saturated carbocycles. The van der Waals surface area contributed by atoms with Crippen molar-refractivity contribution in [2.45, 2.75) is 12.3 Å². The number of esters is 1. The van der Waals surface area contributed by atoms with E-state index in [0.717, 1.165) is 17.4 Å². The lowest BCUT2D eigenvalue weighted by molar-refractivity contribution is -0.147. The maximum absolute atomic E-state index is 13.7. The third-order valence-corrected chi connectivity index (χ3v) is 6.16. The van der Waals surface area contributed by atoms with Gasteiger partial charge in [0.25, 0.3) is 0 Å². The lowest BCUT2D eigenvalue weighted by Gasteiger charge is -2.30. The van der Waals surface area contributed by atoms with Crippen molar-refractivity contribution in [1.82, 2.24) is 0 Å². The Balaban J connectivity index is 1.84. The number of methoxy groups -OCH3 is 1. The number of benzene rings is 3. The van der Waals surface area contributed by atoms with Crippen LogP contribution >= 0.6 is 0 Å². The van der Waals surface area contributed by atoms with Gasteiger partial charge >= 0.3 is 5.97 Å². The van der Waals surface area contributed by atoms with Crippen LogP contribution in [0.15, 0.2) is 72.3 Å². The molecule has 3 aromatic carbocycles. The van der Waals surface area contributed by atoms with Gasteiger partial charge < -0.3 is 18.9 Å². The molecule has 3 aromatic rings. The largest absolute Gasteiger partial charge is 0.497 e. The Kier molecular flexibility index (Phi) is 5.13. The van der Waals surface area contributed by atoms with Crippen LogP contribution < -0.4 is 14.2 Å². The Morgan fingerprint density at radius 3 is 2.52 bits per heavy atom. The van der Waals surface area contributed by atoms with E-state index in [-0.39, 0.29) is 13.4 Å². The van der Waals surface area contributed by atoms with Crippen molar-refractivity contribution in [1.29, 1.82) is 0 Å². The molecule has 1 aliphatic heterocycles. The first-order valence-corrected chi connectivity index (χ1v) is 10.7. The van der Waals surface area contributed by atoms with E-state index in [0.29, 0.717) is 39.5 Å². The number of carbonyl (C=O) groups is 2. The Morgan fingerprint density at radius 2 is 1.79 bits per heavy atom. The van der Waals surface area contributed by atoms with Gasteiger partial charge in [-0.05, 0) is 59.0 Å². The molecule has 1 aliphatic carbocycles. The van der Waals surface area contributed by atoms with E-state index in [1.165, 1.54) is 0 Å². The van der Waals surface area contributed by atoms with Crippen molar-refractivity contribution in [2.75, 3.05) is 20.5 Å².